The van der Waals surface area contributed by atoms with E-state index >= 15 is 0 Å². The van der Waals surface area contributed by atoms with Gasteiger partial charge in [0.15, 0.2) is 11.5 Å². The molecule has 0 spiro atoms. The Kier molecular flexibility index (Phi) is 6.61. The number of carbonyl (C=O) groups is 3. The van der Waals surface area contributed by atoms with Crippen molar-refractivity contribution in [1.82, 2.24) is 10.2 Å². The highest BCUT2D eigenvalue weighted by molar-refractivity contribution is 6.05. The van der Waals surface area contributed by atoms with Crippen molar-refractivity contribution in [2.75, 3.05) is 27.9 Å². The van der Waals surface area contributed by atoms with Crippen LogP contribution in [0.5, 0.6) is 17.2 Å². The molecule has 1 aromatic carbocycles. The fourth-order valence-electron chi connectivity index (χ4n) is 4.19. The van der Waals surface area contributed by atoms with Crippen molar-refractivity contribution in [3.8, 4) is 17.2 Å². The highest BCUT2D eigenvalue weighted by Crippen LogP contribution is 2.39. The fourth-order valence-corrected chi connectivity index (χ4v) is 4.19. The highest BCUT2D eigenvalue weighted by Gasteiger charge is 2.47. The van der Waals surface area contributed by atoms with Crippen LogP contribution >= 0.6 is 0 Å². The molecular formula is C21H28N2O6. The minimum atomic E-state index is -0.228. The number of likely N-dealkylation sites (tertiary alicyclic amines) is 1. The van der Waals surface area contributed by atoms with E-state index < -0.39 is 0 Å². The van der Waals surface area contributed by atoms with Crippen LogP contribution in [0.3, 0.4) is 0 Å². The summed E-state index contributed by atoms with van der Waals surface area (Å²) in [5, 5.41) is 2.82. The molecule has 1 heterocycles. The van der Waals surface area contributed by atoms with Gasteiger partial charge in [-0.3, -0.25) is 19.3 Å². The van der Waals surface area contributed by atoms with Crippen molar-refractivity contribution in [3.05, 3.63) is 17.7 Å². The second-order valence-electron chi connectivity index (χ2n) is 7.39. The van der Waals surface area contributed by atoms with Gasteiger partial charge in [0.2, 0.25) is 23.5 Å². The number of imide groups is 1. The molecule has 1 N–H and O–H groups in total. The van der Waals surface area contributed by atoms with Crippen LogP contribution in [0, 0.1) is 11.8 Å². The van der Waals surface area contributed by atoms with Gasteiger partial charge in [0.25, 0.3) is 0 Å². The standard InChI is InChI=1S/C21H28N2O6/c1-27-16-10-13(11-17(28-2)19(16)29-3)12-22-18(24)8-9-23-20(25)14-6-4-5-7-15(14)21(23)26/h10-11,14-15H,4-9,12H2,1-3H3,(H,22,24)/t14-,15-/m1/s1. The Morgan fingerprint density at radius 3 is 2.03 bits per heavy atom. The number of nitrogens with one attached hydrogen (secondary N) is 1. The van der Waals surface area contributed by atoms with E-state index in [1.165, 1.54) is 26.2 Å². The normalized spacial score (nSPS) is 21.0. The summed E-state index contributed by atoms with van der Waals surface area (Å²) in [5.41, 5.74) is 0.784. The van der Waals surface area contributed by atoms with Gasteiger partial charge in [-0.25, -0.2) is 0 Å². The Bertz CT molecular complexity index is 744. The lowest BCUT2D eigenvalue weighted by Gasteiger charge is -2.19. The van der Waals surface area contributed by atoms with Crippen molar-refractivity contribution < 1.29 is 28.6 Å². The van der Waals surface area contributed by atoms with Gasteiger partial charge in [-0.15, -0.1) is 0 Å². The molecule has 0 unspecified atom stereocenters. The topological polar surface area (TPSA) is 94.2 Å². The number of rotatable bonds is 8. The van der Waals surface area contributed by atoms with Crippen molar-refractivity contribution in [2.24, 2.45) is 11.8 Å². The number of hydrogen-bond acceptors (Lipinski definition) is 6. The molecule has 29 heavy (non-hydrogen) atoms. The number of amides is 3. The van der Waals surface area contributed by atoms with Crippen molar-refractivity contribution in [3.63, 3.8) is 0 Å². The third-order valence-electron chi connectivity index (χ3n) is 5.71. The summed E-state index contributed by atoms with van der Waals surface area (Å²) in [5.74, 6) is 0.678. The summed E-state index contributed by atoms with van der Waals surface area (Å²) in [6.07, 6.45) is 3.62. The lowest BCUT2D eigenvalue weighted by molar-refractivity contribution is -0.140. The molecule has 0 radical (unpaired) electrons. The molecule has 3 amide bonds. The van der Waals surface area contributed by atoms with Crippen LogP contribution in [0.15, 0.2) is 12.1 Å². The van der Waals surface area contributed by atoms with Gasteiger partial charge in [0, 0.05) is 19.5 Å². The summed E-state index contributed by atoms with van der Waals surface area (Å²) in [6, 6.07) is 3.53. The van der Waals surface area contributed by atoms with Gasteiger partial charge in [0.1, 0.15) is 0 Å². The molecule has 0 aromatic heterocycles. The zero-order valence-electron chi connectivity index (χ0n) is 17.2. The molecule has 2 atom stereocenters. The number of hydrogen-bond donors (Lipinski definition) is 1. The van der Waals surface area contributed by atoms with Crippen LogP contribution in [-0.2, 0) is 20.9 Å². The Balaban J connectivity index is 1.55. The molecule has 8 nitrogen and oxygen atoms in total. The molecule has 1 aliphatic heterocycles. The Hall–Kier alpha value is -2.77. The molecule has 2 fully saturated rings. The van der Waals surface area contributed by atoms with Crippen LogP contribution in [-0.4, -0.2) is 50.5 Å². The maximum Gasteiger partial charge on any atom is 0.233 e. The third kappa shape index (κ3) is 4.31. The first kappa shape index (κ1) is 21.0. The number of fused-ring (bicyclic) bond motifs is 1. The minimum absolute atomic E-state index is 0.0847. The average Bonchev–Trinajstić information content (AvgIpc) is 2.99. The van der Waals surface area contributed by atoms with E-state index in [2.05, 4.69) is 5.32 Å². The first-order chi connectivity index (χ1) is 14.0. The molecule has 1 aromatic rings. The highest BCUT2D eigenvalue weighted by atomic mass is 16.5. The van der Waals surface area contributed by atoms with E-state index in [4.69, 9.17) is 14.2 Å². The maximum atomic E-state index is 12.5. The van der Waals surface area contributed by atoms with Gasteiger partial charge >= 0.3 is 0 Å². The van der Waals surface area contributed by atoms with Crippen LogP contribution < -0.4 is 19.5 Å². The molecule has 1 saturated heterocycles. The molecule has 0 bridgehead atoms. The largest absolute Gasteiger partial charge is 0.493 e. The zero-order chi connectivity index (χ0) is 21.0. The SMILES string of the molecule is COc1cc(CNC(=O)CCN2C(=O)[C@@H]3CCCC[C@H]3C2=O)cc(OC)c1OC. The molecule has 2 aliphatic rings. The second-order valence-corrected chi connectivity index (χ2v) is 7.39. The van der Waals surface area contributed by atoms with E-state index in [-0.39, 0.29) is 49.1 Å². The van der Waals surface area contributed by atoms with E-state index in [1.807, 2.05) is 0 Å². The average molecular weight is 404 g/mol. The van der Waals surface area contributed by atoms with E-state index in [1.54, 1.807) is 12.1 Å². The second kappa shape index (κ2) is 9.15. The molecular weight excluding hydrogens is 376 g/mol. The molecule has 8 heteroatoms. The zero-order valence-corrected chi connectivity index (χ0v) is 17.2. The quantitative estimate of drug-likeness (QED) is 0.665. The lowest BCUT2D eigenvalue weighted by Crippen LogP contribution is -2.35. The predicted octanol–water partition coefficient (Wildman–Crippen LogP) is 1.89. The number of carbonyl (C=O) groups excluding carboxylic acids is 3. The van der Waals surface area contributed by atoms with Crippen molar-refractivity contribution >= 4 is 17.7 Å². The predicted molar refractivity (Wildman–Crippen MR) is 105 cm³/mol. The lowest BCUT2D eigenvalue weighted by atomic mass is 9.81. The van der Waals surface area contributed by atoms with Crippen molar-refractivity contribution in [1.29, 1.82) is 0 Å². The van der Waals surface area contributed by atoms with Crippen LogP contribution in [0.25, 0.3) is 0 Å². The molecule has 158 valence electrons. The van der Waals surface area contributed by atoms with Gasteiger partial charge < -0.3 is 19.5 Å². The van der Waals surface area contributed by atoms with Gasteiger partial charge in [-0.2, -0.15) is 0 Å². The van der Waals surface area contributed by atoms with Crippen molar-refractivity contribution in [2.45, 2.75) is 38.6 Å². The molecule has 1 aliphatic carbocycles. The Morgan fingerprint density at radius 2 is 1.55 bits per heavy atom. The third-order valence-corrected chi connectivity index (χ3v) is 5.71. The van der Waals surface area contributed by atoms with Crippen LogP contribution in [0.2, 0.25) is 0 Å². The smallest absolute Gasteiger partial charge is 0.233 e. The van der Waals surface area contributed by atoms with E-state index in [0.29, 0.717) is 17.2 Å². The monoisotopic (exact) mass is 404 g/mol. The van der Waals surface area contributed by atoms with E-state index in [9.17, 15) is 14.4 Å². The Morgan fingerprint density at radius 1 is 1.00 bits per heavy atom. The summed E-state index contributed by atoms with van der Waals surface area (Å²) in [7, 11) is 4.58. The number of ether oxygens (including phenoxy) is 3. The van der Waals surface area contributed by atoms with Crippen LogP contribution in [0.1, 0.15) is 37.7 Å². The molecule has 1 saturated carbocycles. The summed E-state index contributed by atoms with van der Waals surface area (Å²) >= 11 is 0. The number of benzene rings is 1. The van der Waals surface area contributed by atoms with E-state index in [0.717, 1.165) is 31.2 Å². The fraction of sp³-hybridized carbons (Fsp3) is 0.571. The van der Waals surface area contributed by atoms with Gasteiger partial charge in [0.05, 0.1) is 33.2 Å². The van der Waals surface area contributed by atoms with Gasteiger partial charge in [-0.05, 0) is 30.5 Å². The number of methoxy groups -OCH3 is 3. The first-order valence-electron chi connectivity index (χ1n) is 9.91. The maximum absolute atomic E-state index is 12.5. The summed E-state index contributed by atoms with van der Waals surface area (Å²) in [4.78, 5) is 38.5. The molecule has 3 rings (SSSR count). The number of nitrogens with zero attached hydrogens (tertiary/aromatic N) is 1. The van der Waals surface area contributed by atoms with Gasteiger partial charge in [-0.1, -0.05) is 12.8 Å². The Labute approximate surface area is 170 Å². The first-order valence-corrected chi connectivity index (χ1v) is 9.91. The summed E-state index contributed by atoms with van der Waals surface area (Å²) in [6.45, 7) is 0.397. The summed E-state index contributed by atoms with van der Waals surface area (Å²) < 4.78 is 15.9. The minimum Gasteiger partial charge on any atom is -0.493 e. The van der Waals surface area contributed by atoms with Crippen LogP contribution in [0.4, 0.5) is 0 Å².